The number of hydrogen-bond donors (Lipinski definition) is 1. The highest BCUT2D eigenvalue weighted by Gasteiger charge is 2.26. The molecule has 2 aromatic carbocycles. The van der Waals surface area contributed by atoms with Gasteiger partial charge in [-0.2, -0.15) is 0 Å². The van der Waals surface area contributed by atoms with Gasteiger partial charge in [-0.25, -0.2) is 0 Å². The van der Waals surface area contributed by atoms with E-state index in [1.165, 1.54) is 16.5 Å². The first-order chi connectivity index (χ1) is 13.8. The fraction of sp³-hybridized carbons (Fsp3) is 0.375. The van der Waals surface area contributed by atoms with Gasteiger partial charge in [0, 0.05) is 57.0 Å². The van der Waals surface area contributed by atoms with Crippen molar-refractivity contribution in [1.82, 2.24) is 14.8 Å². The summed E-state index contributed by atoms with van der Waals surface area (Å²) in [6.45, 7) is 5.32. The third-order valence-corrected chi connectivity index (χ3v) is 5.79. The third-order valence-electron chi connectivity index (χ3n) is 5.79. The summed E-state index contributed by atoms with van der Waals surface area (Å²) >= 11 is 0. The van der Waals surface area contributed by atoms with E-state index in [0.29, 0.717) is 6.04 Å². The zero-order chi connectivity index (χ0) is 19.2. The summed E-state index contributed by atoms with van der Waals surface area (Å²) in [5.41, 5.74) is 3.78. The highest BCUT2D eigenvalue weighted by molar-refractivity contribution is 5.81. The van der Waals surface area contributed by atoms with Crippen LogP contribution in [0.3, 0.4) is 0 Å². The van der Waals surface area contributed by atoms with Crippen molar-refractivity contribution in [3.63, 3.8) is 0 Å². The van der Waals surface area contributed by atoms with Crippen LogP contribution in [0.2, 0.25) is 0 Å². The fourth-order valence-corrected chi connectivity index (χ4v) is 4.27. The van der Waals surface area contributed by atoms with Gasteiger partial charge < -0.3 is 5.11 Å². The van der Waals surface area contributed by atoms with Crippen LogP contribution in [0.1, 0.15) is 17.5 Å². The maximum absolute atomic E-state index is 9.58. The summed E-state index contributed by atoms with van der Waals surface area (Å²) < 4.78 is 0. The van der Waals surface area contributed by atoms with Gasteiger partial charge in [0.25, 0.3) is 0 Å². The van der Waals surface area contributed by atoms with E-state index in [1.807, 2.05) is 12.3 Å². The van der Waals surface area contributed by atoms with Crippen molar-refractivity contribution < 1.29 is 5.11 Å². The van der Waals surface area contributed by atoms with Gasteiger partial charge in [-0.05, 0) is 30.0 Å². The molecule has 2 heterocycles. The van der Waals surface area contributed by atoms with Crippen LogP contribution in [0.15, 0.2) is 66.9 Å². The minimum Gasteiger partial charge on any atom is -0.396 e. The molecule has 1 fully saturated rings. The van der Waals surface area contributed by atoms with E-state index in [1.54, 1.807) is 0 Å². The third kappa shape index (κ3) is 4.58. The van der Waals surface area contributed by atoms with Crippen LogP contribution in [0.4, 0.5) is 0 Å². The number of para-hydroxylation sites is 1. The number of nitrogens with zero attached hydrogens (tertiary/aromatic N) is 3. The molecule has 0 radical (unpaired) electrons. The standard InChI is InChI=1S/C24H29N3O/c28-17-12-23-19-26(15-16-27(23)14-11-20-6-2-1-3-7-20)18-22-9-4-8-21-10-5-13-25-24(21)22/h1-10,13,23,28H,11-12,14-19H2/t23-/m0/s1. The lowest BCUT2D eigenvalue weighted by Crippen LogP contribution is -2.53. The Hall–Kier alpha value is -2.27. The normalized spacial score (nSPS) is 18.5. The van der Waals surface area contributed by atoms with Gasteiger partial charge in [0.2, 0.25) is 0 Å². The van der Waals surface area contributed by atoms with Crippen molar-refractivity contribution in [2.24, 2.45) is 0 Å². The van der Waals surface area contributed by atoms with E-state index in [0.717, 1.165) is 51.1 Å². The average molecular weight is 376 g/mol. The van der Waals surface area contributed by atoms with E-state index in [9.17, 15) is 5.11 Å². The number of aliphatic hydroxyl groups is 1. The Balaban J connectivity index is 1.41. The first-order valence-corrected chi connectivity index (χ1v) is 10.3. The van der Waals surface area contributed by atoms with Gasteiger partial charge in [0.05, 0.1) is 5.52 Å². The van der Waals surface area contributed by atoms with Crippen molar-refractivity contribution >= 4 is 10.9 Å². The molecule has 1 aromatic heterocycles. The summed E-state index contributed by atoms with van der Waals surface area (Å²) in [4.78, 5) is 9.68. The molecule has 4 rings (SSSR count). The quantitative estimate of drug-likeness (QED) is 0.687. The zero-order valence-corrected chi connectivity index (χ0v) is 16.4. The second-order valence-electron chi connectivity index (χ2n) is 7.67. The maximum atomic E-state index is 9.58. The summed E-state index contributed by atoms with van der Waals surface area (Å²) in [6.07, 6.45) is 3.77. The van der Waals surface area contributed by atoms with Crippen LogP contribution in [-0.4, -0.2) is 58.7 Å². The van der Waals surface area contributed by atoms with Crippen molar-refractivity contribution in [2.75, 3.05) is 32.8 Å². The lowest BCUT2D eigenvalue weighted by Gasteiger charge is -2.41. The number of hydrogen-bond acceptors (Lipinski definition) is 4. The lowest BCUT2D eigenvalue weighted by molar-refractivity contribution is 0.0564. The number of benzene rings is 2. The zero-order valence-electron chi connectivity index (χ0n) is 16.4. The van der Waals surface area contributed by atoms with E-state index in [2.05, 4.69) is 69.4 Å². The Morgan fingerprint density at radius 3 is 2.68 bits per heavy atom. The molecule has 1 atom stereocenters. The maximum Gasteiger partial charge on any atom is 0.0746 e. The minimum atomic E-state index is 0.246. The Labute approximate surface area is 167 Å². The molecule has 1 N–H and O–H groups in total. The Morgan fingerprint density at radius 1 is 0.964 bits per heavy atom. The van der Waals surface area contributed by atoms with Gasteiger partial charge >= 0.3 is 0 Å². The number of fused-ring (bicyclic) bond motifs is 1. The second-order valence-corrected chi connectivity index (χ2v) is 7.67. The van der Waals surface area contributed by atoms with Gasteiger partial charge in [-0.3, -0.25) is 14.8 Å². The van der Waals surface area contributed by atoms with E-state index in [-0.39, 0.29) is 6.61 Å². The Morgan fingerprint density at radius 2 is 1.82 bits per heavy atom. The van der Waals surface area contributed by atoms with E-state index < -0.39 is 0 Å². The Kier molecular flexibility index (Phi) is 6.32. The molecule has 4 nitrogen and oxygen atoms in total. The van der Waals surface area contributed by atoms with Crippen LogP contribution in [0, 0.1) is 0 Å². The number of pyridine rings is 1. The number of aromatic nitrogens is 1. The van der Waals surface area contributed by atoms with Crippen LogP contribution in [0.25, 0.3) is 10.9 Å². The SMILES string of the molecule is OCC[C@H]1CN(Cc2cccc3cccnc23)CCN1CCc1ccccc1. The van der Waals surface area contributed by atoms with E-state index in [4.69, 9.17) is 0 Å². The summed E-state index contributed by atoms with van der Waals surface area (Å²) in [6, 6.07) is 21.7. The summed E-state index contributed by atoms with van der Waals surface area (Å²) in [7, 11) is 0. The van der Waals surface area contributed by atoms with Crippen LogP contribution in [-0.2, 0) is 13.0 Å². The predicted molar refractivity (Wildman–Crippen MR) is 114 cm³/mol. The summed E-state index contributed by atoms with van der Waals surface area (Å²) in [5.74, 6) is 0. The molecule has 146 valence electrons. The fourth-order valence-electron chi connectivity index (χ4n) is 4.27. The van der Waals surface area contributed by atoms with Gasteiger partial charge in [-0.15, -0.1) is 0 Å². The average Bonchev–Trinajstić information content (AvgIpc) is 2.74. The van der Waals surface area contributed by atoms with Crippen molar-refractivity contribution in [1.29, 1.82) is 0 Å². The molecule has 0 spiro atoms. The van der Waals surface area contributed by atoms with Gasteiger partial charge in [-0.1, -0.05) is 54.6 Å². The molecule has 28 heavy (non-hydrogen) atoms. The topological polar surface area (TPSA) is 39.6 Å². The van der Waals surface area contributed by atoms with Crippen LogP contribution in [0.5, 0.6) is 0 Å². The Bertz CT molecular complexity index is 878. The molecule has 0 bridgehead atoms. The van der Waals surface area contributed by atoms with Gasteiger partial charge in [0.15, 0.2) is 0 Å². The van der Waals surface area contributed by atoms with Crippen molar-refractivity contribution in [2.45, 2.75) is 25.4 Å². The molecule has 0 amide bonds. The molecule has 4 heteroatoms. The highest BCUT2D eigenvalue weighted by Crippen LogP contribution is 2.21. The monoisotopic (exact) mass is 375 g/mol. The first-order valence-electron chi connectivity index (χ1n) is 10.3. The molecule has 0 saturated carbocycles. The number of piperazine rings is 1. The molecular weight excluding hydrogens is 346 g/mol. The second kappa shape index (κ2) is 9.28. The first kappa shape index (κ1) is 19.1. The largest absolute Gasteiger partial charge is 0.396 e. The predicted octanol–water partition coefficient (Wildman–Crippen LogP) is 3.35. The number of aliphatic hydroxyl groups excluding tert-OH is 1. The molecule has 1 aliphatic rings. The molecular formula is C24H29N3O. The lowest BCUT2D eigenvalue weighted by atomic mass is 10.0. The molecule has 1 saturated heterocycles. The molecule has 1 aliphatic heterocycles. The van der Waals surface area contributed by atoms with Crippen molar-refractivity contribution in [3.8, 4) is 0 Å². The van der Waals surface area contributed by atoms with Crippen LogP contribution < -0.4 is 0 Å². The van der Waals surface area contributed by atoms with E-state index >= 15 is 0 Å². The molecule has 0 unspecified atom stereocenters. The van der Waals surface area contributed by atoms with Crippen molar-refractivity contribution in [3.05, 3.63) is 78.0 Å². The van der Waals surface area contributed by atoms with Crippen LogP contribution >= 0.6 is 0 Å². The summed E-state index contributed by atoms with van der Waals surface area (Å²) in [5, 5.41) is 10.8. The highest BCUT2D eigenvalue weighted by atomic mass is 16.3. The number of rotatable bonds is 7. The minimum absolute atomic E-state index is 0.246. The van der Waals surface area contributed by atoms with Gasteiger partial charge in [0.1, 0.15) is 0 Å². The smallest absolute Gasteiger partial charge is 0.0746 e. The molecule has 0 aliphatic carbocycles. The molecule has 3 aromatic rings.